The summed E-state index contributed by atoms with van der Waals surface area (Å²) in [5.74, 6) is 2.64. The van der Waals surface area contributed by atoms with Gasteiger partial charge in [-0.15, -0.1) is 0 Å². The third-order valence-electron chi connectivity index (χ3n) is 22.4. The molecule has 0 radical (unpaired) electrons. The van der Waals surface area contributed by atoms with Crippen molar-refractivity contribution >= 4 is 66.4 Å². The molecule has 4 saturated carbocycles. The molecule has 11 aromatic rings. The molecule has 0 aliphatic heterocycles. The molecular weight excluding hydrogens is 1050 g/mol. The van der Waals surface area contributed by atoms with Gasteiger partial charge in [-0.3, -0.25) is 0 Å². The number of fused-ring (bicyclic) bond motifs is 16. The van der Waals surface area contributed by atoms with Gasteiger partial charge in [0.1, 0.15) is 0 Å². The van der Waals surface area contributed by atoms with E-state index in [-0.39, 0.29) is 0 Å². The van der Waals surface area contributed by atoms with Crippen LogP contribution < -0.4 is 9.80 Å². The predicted octanol–water partition coefficient (Wildman–Crippen LogP) is 24.6. The summed E-state index contributed by atoms with van der Waals surface area (Å²) in [6.45, 7) is 0. The Balaban J connectivity index is 0.851. The van der Waals surface area contributed by atoms with Crippen LogP contribution in [0.15, 0.2) is 218 Å². The van der Waals surface area contributed by atoms with Crippen LogP contribution in [0, 0.1) is 0 Å². The van der Waals surface area contributed by atoms with Crippen molar-refractivity contribution in [3.05, 3.63) is 263 Å². The van der Waals surface area contributed by atoms with Gasteiger partial charge in [-0.2, -0.15) is 0 Å². The average molecular weight is 1130 g/mol. The van der Waals surface area contributed by atoms with Crippen LogP contribution in [-0.4, -0.2) is 0 Å². The van der Waals surface area contributed by atoms with Gasteiger partial charge in [0.25, 0.3) is 0 Å². The second-order valence-electron chi connectivity index (χ2n) is 27.2. The summed E-state index contributed by atoms with van der Waals surface area (Å²) in [6, 6.07) is 87.0. The number of benzene rings is 11. The van der Waals surface area contributed by atoms with Gasteiger partial charge in [-0.25, -0.2) is 0 Å². The SMILES string of the molecule is c1ccc2c(c1)-c1ccccc1C21c2cc3cc(N(c4ccc(C5CCCCC5)cc4)c4ccc(C5CCCCC5)cc4)ccc3cc2-c2c1c1ccc(N(c3ccc(C4CCCCC4)cc3)c3ccc(C4CCCCC4)cc3)cc1c1ccccc21. The van der Waals surface area contributed by atoms with Crippen LogP contribution in [0.1, 0.15) is 197 Å². The summed E-state index contributed by atoms with van der Waals surface area (Å²) < 4.78 is 0. The van der Waals surface area contributed by atoms with Gasteiger partial charge in [-0.1, -0.05) is 211 Å². The third-order valence-corrected chi connectivity index (χ3v) is 22.4. The average Bonchev–Trinajstić information content (AvgIpc) is 1.56. The summed E-state index contributed by atoms with van der Waals surface area (Å²) >= 11 is 0. The van der Waals surface area contributed by atoms with Gasteiger partial charge in [0, 0.05) is 34.1 Å². The highest BCUT2D eigenvalue weighted by Gasteiger charge is 2.53. The van der Waals surface area contributed by atoms with E-state index in [1.807, 2.05) is 0 Å². The van der Waals surface area contributed by atoms with E-state index in [4.69, 9.17) is 0 Å². The van der Waals surface area contributed by atoms with Crippen molar-refractivity contribution in [2.75, 3.05) is 9.80 Å². The Morgan fingerprint density at radius 3 is 1.08 bits per heavy atom. The van der Waals surface area contributed by atoms with Gasteiger partial charge in [-0.05, 0) is 259 Å². The lowest BCUT2D eigenvalue weighted by Crippen LogP contribution is -2.26. The van der Waals surface area contributed by atoms with Gasteiger partial charge >= 0.3 is 0 Å². The van der Waals surface area contributed by atoms with E-state index in [2.05, 4.69) is 228 Å². The van der Waals surface area contributed by atoms with E-state index in [0.29, 0.717) is 23.7 Å². The van der Waals surface area contributed by atoms with E-state index >= 15 is 0 Å². The Kier molecular flexibility index (Phi) is 13.5. The van der Waals surface area contributed by atoms with Crippen molar-refractivity contribution in [1.29, 1.82) is 0 Å². The molecule has 1 spiro atoms. The van der Waals surface area contributed by atoms with Crippen molar-refractivity contribution in [1.82, 2.24) is 0 Å². The standard InChI is InChI=1S/C85H80N2/c1-5-19-57(20-6-1)61-33-42-67(43-34-61)86(68-44-35-62(36-45-68)58-21-7-2-8-22-58)71-50-41-65-54-79-82(55-66(65)53-71)85(80-31-17-15-28-74(80)75-29-16-18-32-81(75)85)84-77-52-51-72(56-78(77)73-27-13-14-30-76(73)83(79)84)87(69-46-37-63(38-47-69)59-23-9-3-10-24-59)70-48-39-64(40-49-70)60-25-11-4-12-26-60/h13-18,27-60H,1-12,19-26H2. The lowest BCUT2D eigenvalue weighted by Gasteiger charge is -2.32. The second-order valence-corrected chi connectivity index (χ2v) is 27.2. The monoisotopic (exact) mass is 1130 g/mol. The zero-order valence-corrected chi connectivity index (χ0v) is 50.6. The van der Waals surface area contributed by atoms with Crippen molar-refractivity contribution in [2.24, 2.45) is 0 Å². The normalized spacial score (nSPS) is 17.8. The van der Waals surface area contributed by atoms with Gasteiger partial charge < -0.3 is 9.80 Å². The first-order valence-corrected chi connectivity index (χ1v) is 33.9. The molecular formula is C85H80N2. The van der Waals surface area contributed by atoms with E-state index in [1.54, 1.807) is 0 Å². The van der Waals surface area contributed by atoms with Crippen LogP contribution >= 0.6 is 0 Å². The molecule has 0 bridgehead atoms. The Labute approximate surface area is 515 Å². The van der Waals surface area contributed by atoms with Crippen LogP contribution in [0.25, 0.3) is 54.6 Å². The highest BCUT2D eigenvalue weighted by Crippen LogP contribution is 2.66. The highest BCUT2D eigenvalue weighted by atomic mass is 15.1. The van der Waals surface area contributed by atoms with Crippen LogP contribution in [0.3, 0.4) is 0 Å². The minimum Gasteiger partial charge on any atom is -0.310 e. The third kappa shape index (κ3) is 9.01. The van der Waals surface area contributed by atoms with Crippen LogP contribution in [0.2, 0.25) is 0 Å². The maximum absolute atomic E-state index is 2.62. The first-order valence-electron chi connectivity index (χ1n) is 33.9. The molecule has 0 N–H and O–H groups in total. The summed E-state index contributed by atoms with van der Waals surface area (Å²) in [7, 11) is 0. The topological polar surface area (TPSA) is 6.48 Å². The van der Waals surface area contributed by atoms with Crippen molar-refractivity contribution < 1.29 is 0 Å². The first kappa shape index (κ1) is 53.1. The molecule has 0 unspecified atom stereocenters. The molecule has 17 rings (SSSR count). The van der Waals surface area contributed by atoms with Crippen LogP contribution in [0.4, 0.5) is 34.1 Å². The molecule has 0 aromatic heterocycles. The number of hydrogen-bond donors (Lipinski definition) is 0. The maximum atomic E-state index is 2.62. The Morgan fingerprint density at radius 1 is 0.253 bits per heavy atom. The molecule has 0 heterocycles. The van der Waals surface area contributed by atoms with Crippen molar-refractivity contribution in [3.8, 4) is 22.3 Å². The highest BCUT2D eigenvalue weighted by molar-refractivity contribution is 6.21. The van der Waals surface area contributed by atoms with Gasteiger partial charge in [0.15, 0.2) is 0 Å². The lowest BCUT2D eigenvalue weighted by molar-refractivity contribution is 0.443. The quantitative estimate of drug-likeness (QED) is 0.126. The number of nitrogens with zero attached hydrogens (tertiary/aromatic N) is 2. The summed E-state index contributed by atoms with van der Waals surface area (Å²) in [4.78, 5) is 5.08. The number of hydrogen-bond acceptors (Lipinski definition) is 2. The molecule has 11 aromatic carbocycles. The smallest absolute Gasteiger partial charge is 0.0731 e. The van der Waals surface area contributed by atoms with E-state index in [1.165, 1.54) is 262 Å². The van der Waals surface area contributed by atoms with E-state index in [9.17, 15) is 0 Å². The summed E-state index contributed by atoms with van der Waals surface area (Å²) in [5, 5.41) is 7.75. The molecule has 87 heavy (non-hydrogen) atoms. The Bertz CT molecular complexity index is 4180. The molecule has 0 atom stereocenters. The minimum atomic E-state index is -0.570. The fraction of sp³-hybridized carbons (Fsp3) is 0.294. The molecule has 0 saturated heterocycles. The zero-order valence-electron chi connectivity index (χ0n) is 50.6. The zero-order chi connectivity index (χ0) is 57.4. The van der Waals surface area contributed by atoms with Gasteiger partial charge in [0.2, 0.25) is 0 Å². The summed E-state index contributed by atoms with van der Waals surface area (Å²) in [5.41, 5.74) is 23.5. The largest absolute Gasteiger partial charge is 0.310 e. The molecule has 6 aliphatic carbocycles. The Morgan fingerprint density at radius 2 is 0.632 bits per heavy atom. The lowest BCUT2D eigenvalue weighted by atomic mass is 9.69. The number of rotatable bonds is 10. The van der Waals surface area contributed by atoms with Crippen molar-refractivity contribution in [3.63, 3.8) is 0 Å². The molecule has 2 nitrogen and oxygen atoms in total. The summed E-state index contributed by atoms with van der Waals surface area (Å²) in [6.07, 6.45) is 26.6. The molecule has 4 fully saturated rings. The fourth-order valence-corrected chi connectivity index (χ4v) is 18.1. The molecule has 0 amide bonds. The van der Waals surface area contributed by atoms with Crippen molar-refractivity contribution in [2.45, 2.75) is 158 Å². The fourth-order valence-electron chi connectivity index (χ4n) is 18.1. The Hall–Kier alpha value is -8.20. The second kappa shape index (κ2) is 22.2. The predicted molar refractivity (Wildman–Crippen MR) is 368 cm³/mol. The number of anilines is 6. The van der Waals surface area contributed by atoms with Crippen LogP contribution in [-0.2, 0) is 5.41 Å². The maximum Gasteiger partial charge on any atom is 0.0731 e. The first-order chi connectivity index (χ1) is 43.1. The van der Waals surface area contributed by atoms with E-state index in [0.717, 1.165) is 0 Å². The van der Waals surface area contributed by atoms with Gasteiger partial charge in [0.05, 0.1) is 5.41 Å². The molecule has 2 heteroatoms. The minimum absolute atomic E-state index is 0.570. The molecule has 430 valence electrons. The van der Waals surface area contributed by atoms with E-state index < -0.39 is 5.41 Å². The van der Waals surface area contributed by atoms with Crippen LogP contribution in [0.5, 0.6) is 0 Å². The molecule has 6 aliphatic rings.